The molecule has 1 aromatic carbocycles. The van der Waals surface area contributed by atoms with Crippen molar-refractivity contribution in [1.82, 2.24) is 20.2 Å². The first kappa shape index (κ1) is 13.5. The maximum absolute atomic E-state index is 5.76. The Kier molecular flexibility index (Phi) is 4.46. The summed E-state index contributed by atoms with van der Waals surface area (Å²) in [6.45, 7) is 3.56. The van der Waals surface area contributed by atoms with Crippen LogP contribution in [0.15, 0.2) is 18.2 Å². The highest BCUT2D eigenvalue weighted by Crippen LogP contribution is 2.22. The summed E-state index contributed by atoms with van der Waals surface area (Å²) in [4.78, 5) is 0. The first-order valence-electron chi connectivity index (χ1n) is 6.34. The molecule has 0 bridgehead atoms. The van der Waals surface area contributed by atoms with Crippen LogP contribution < -0.4 is 5.73 Å². The van der Waals surface area contributed by atoms with E-state index in [9.17, 15) is 0 Å². The van der Waals surface area contributed by atoms with E-state index in [1.807, 2.05) is 29.8 Å². The zero-order valence-electron chi connectivity index (χ0n) is 11.3. The third kappa shape index (κ3) is 3.29. The van der Waals surface area contributed by atoms with E-state index in [1.165, 1.54) is 0 Å². The first-order valence-corrected chi connectivity index (χ1v) is 6.34. The number of methoxy groups -OCH3 is 1. The number of aromatic nitrogens is 4. The Morgan fingerprint density at radius 1 is 1.32 bits per heavy atom. The van der Waals surface area contributed by atoms with Crippen LogP contribution in [0.25, 0.3) is 11.4 Å². The van der Waals surface area contributed by atoms with Gasteiger partial charge in [-0.25, -0.2) is 4.68 Å². The van der Waals surface area contributed by atoms with E-state index in [0.29, 0.717) is 0 Å². The van der Waals surface area contributed by atoms with Gasteiger partial charge in [0.1, 0.15) is 0 Å². The zero-order valence-corrected chi connectivity index (χ0v) is 11.3. The van der Waals surface area contributed by atoms with Gasteiger partial charge in [0.2, 0.25) is 0 Å². The van der Waals surface area contributed by atoms with Crippen molar-refractivity contribution < 1.29 is 4.74 Å². The third-order valence-corrected chi connectivity index (χ3v) is 2.99. The lowest BCUT2D eigenvalue weighted by Gasteiger charge is -2.07. The number of benzene rings is 1. The Morgan fingerprint density at radius 3 is 2.89 bits per heavy atom. The highest BCUT2D eigenvalue weighted by atomic mass is 16.5. The van der Waals surface area contributed by atoms with E-state index in [1.54, 1.807) is 7.11 Å². The molecule has 6 nitrogen and oxygen atoms in total. The molecule has 0 aliphatic rings. The summed E-state index contributed by atoms with van der Waals surface area (Å²) < 4.78 is 6.86. The van der Waals surface area contributed by atoms with Crippen molar-refractivity contribution in [3.8, 4) is 11.4 Å². The molecule has 0 saturated carbocycles. The average molecular weight is 261 g/mol. The number of unbranched alkanes of at least 4 members (excludes halogenated alkanes) is 1. The van der Waals surface area contributed by atoms with Gasteiger partial charge in [-0.1, -0.05) is 0 Å². The van der Waals surface area contributed by atoms with Crippen molar-refractivity contribution in [1.29, 1.82) is 0 Å². The number of hydrogen-bond donors (Lipinski definition) is 1. The van der Waals surface area contributed by atoms with Crippen LogP contribution in [-0.4, -0.2) is 33.9 Å². The van der Waals surface area contributed by atoms with Gasteiger partial charge in [0.25, 0.3) is 0 Å². The molecule has 0 fully saturated rings. The third-order valence-electron chi connectivity index (χ3n) is 2.99. The van der Waals surface area contributed by atoms with E-state index in [4.69, 9.17) is 10.5 Å². The van der Waals surface area contributed by atoms with E-state index in [0.717, 1.165) is 48.6 Å². The van der Waals surface area contributed by atoms with Crippen molar-refractivity contribution >= 4 is 5.69 Å². The second kappa shape index (κ2) is 6.29. The van der Waals surface area contributed by atoms with Crippen LogP contribution in [0.5, 0.6) is 0 Å². The number of tetrazole rings is 1. The number of nitrogens with two attached hydrogens (primary N) is 1. The lowest BCUT2D eigenvalue weighted by Crippen LogP contribution is -2.05. The summed E-state index contributed by atoms with van der Waals surface area (Å²) in [5.74, 6) is 0.787. The van der Waals surface area contributed by atoms with Gasteiger partial charge in [0.15, 0.2) is 5.82 Å². The predicted octanol–water partition coefficient (Wildman–Crippen LogP) is 1.66. The molecule has 1 heterocycles. The first-order chi connectivity index (χ1) is 9.22. The Morgan fingerprint density at radius 2 is 2.16 bits per heavy atom. The van der Waals surface area contributed by atoms with Gasteiger partial charge in [-0.15, -0.1) is 5.10 Å². The van der Waals surface area contributed by atoms with Crippen LogP contribution in [-0.2, 0) is 11.3 Å². The molecule has 1 aromatic heterocycles. The fourth-order valence-corrected chi connectivity index (χ4v) is 1.99. The fraction of sp³-hybridized carbons (Fsp3) is 0.462. The molecule has 0 saturated heterocycles. The molecule has 6 heteroatoms. The summed E-state index contributed by atoms with van der Waals surface area (Å²) in [5, 5.41) is 11.9. The quantitative estimate of drug-likeness (QED) is 0.632. The average Bonchev–Trinajstić information content (AvgIpc) is 2.83. The summed E-state index contributed by atoms with van der Waals surface area (Å²) in [5.41, 5.74) is 8.61. The summed E-state index contributed by atoms with van der Waals surface area (Å²) in [7, 11) is 1.71. The number of rotatable bonds is 6. The fourth-order valence-electron chi connectivity index (χ4n) is 1.99. The van der Waals surface area contributed by atoms with Crippen molar-refractivity contribution in [3.05, 3.63) is 23.8 Å². The lowest BCUT2D eigenvalue weighted by molar-refractivity contribution is 0.191. The molecule has 2 rings (SSSR count). The minimum Gasteiger partial charge on any atom is -0.399 e. The standard InChI is InChI=1S/C13H19N5O/c1-10-9-11(14)5-6-12(10)13-15-16-17-18(13)7-3-4-8-19-2/h5-6,9H,3-4,7-8,14H2,1-2H3. The predicted molar refractivity (Wildman–Crippen MR) is 73.5 cm³/mol. The summed E-state index contributed by atoms with van der Waals surface area (Å²) in [6.07, 6.45) is 1.98. The van der Waals surface area contributed by atoms with E-state index in [-0.39, 0.29) is 0 Å². The van der Waals surface area contributed by atoms with Crippen molar-refractivity contribution in [3.63, 3.8) is 0 Å². The molecule has 2 N–H and O–H groups in total. The summed E-state index contributed by atoms with van der Waals surface area (Å²) >= 11 is 0. The van der Waals surface area contributed by atoms with E-state index in [2.05, 4.69) is 15.5 Å². The Hall–Kier alpha value is -1.95. The molecule has 102 valence electrons. The minimum atomic E-state index is 0.750. The molecule has 0 atom stereocenters. The Balaban J connectivity index is 2.14. The monoisotopic (exact) mass is 261 g/mol. The SMILES string of the molecule is COCCCCn1nnnc1-c1ccc(N)cc1C. The van der Waals surface area contributed by atoms with Gasteiger partial charge in [0.05, 0.1) is 0 Å². The van der Waals surface area contributed by atoms with Crippen LogP contribution in [0.1, 0.15) is 18.4 Å². The molecule has 2 aromatic rings. The molecule has 0 amide bonds. The number of anilines is 1. The Labute approximate surface area is 112 Å². The second-order valence-electron chi connectivity index (χ2n) is 4.50. The molecule has 0 spiro atoms. The van der Waals surface area contributed by atoms with Crippen LogP contribution in [0, 0.1) is 6.92 Å². The van der Waals surface area contributed by atoms with Crippen LogP contribution in [0.3, 0.4) is 0 Å². The van der Waals surface area contributed by atoms with Gasteiger partial charge < -0.3 is 10.5 Å². The molecule has 0 radical (unpaired) electrons. The van der Waals surface area contributed by atoms with Gasteiger partial charge in [-0.05, 0) is 54.0 Å². The van der Waals surface area contributed by atoms with Crippen molar-refractivity contribution in [2.75, 3.05) is 19.5 Å². The van der Waals surface area contributed by atoms with E-state index >= 15 is 0 Å². The number of aryl methyl sites for hydroxylation is 2. The van der Waals surface area contributed by atoms with Gasteiger partial charge in [-0.2, -0.15) is 0 Å². The molecular formula is C13H19N5O. The van der Waals surface area contributed by atoms with Crippen LogP contribution >= 0.6 is 0 Å². The van der Waals surface area contributed by atoms with Crippen LogP contribution in [0.2, 0.25) is 0 Å². The number of nitrogens with zero attached hydrogens (tertiary/aromatic N) is 4. The number of hydrogen-bond acceptors (Lipinski definition) is 5. The topological polar surface area (TPSA) is 78.8 Å². The maximum Gasteiger partial charge on any atom is 0.182 e. The molecule has 0 unspecified atom stereocenters. The zero-order chi connectivity index (χ0) is 13.7. The van der Waals surface area contributed by atoms with E-state index < -0.39 is 0 Å². The summed E-state index contributed by atoms with van der Waals surface area (Å²) in [6, 6.07) is 5.76. The maximum atomic E-state index is 5.76. The van der Waals surface area contributed by atoms with Gasteiger partial charge >= 0.3 is 0 Å². The highest BCUT2D eigenvalue weighted by molar-refractivity contribution is 5.63. The largest absolute Gasteiger partial charge is 0.399 e. The van der Waals surface area contributed by atoms with Gasteiger partial charge in [-0.3, -0.25) is 0 Å². The Bertz CT molecular complexity index is 538. The number of nitrogen functional groups attached to an aromatic ring is 1. The highest BCUT2D eigenvalue weighted by Gasteiger charge is 2.11. The second-order valence-corrected chi connectivity index (χ2v) is 4.50. The molecule has 0 aliphatic carbocycles. The lowest BCUT2D eigenvalue weighted by atomic mass is 10.1. The minimum absolute atomic E-state index is 0.750. The van der Waals surface area contributed by atoms with Crippen molar-refractivity contribution in [2.45, 2.75) is 26.3 Å². The molecule has 0 aliphatic heterocycles. The smallest absolute Gasteiger partial charge is 0.182 e. The normalized spacial score (nSPS) is 10.8. The van der Waals surface area contributed by atoms with Crippen molar-refractivity contribution in [2.24, 2.45) is 0 Å². The molecular weight excluding hydrogens is 242 g/mol. The number of ether oxygens (including phenoxy) is 1. The molecule has 19 heavy (non-hydrogen) atoms. The van der Waals surface area contributed by atoms with Crippen LogP contribution in [0.4, 0.5) is 5.69 Å². The van der Waals surface area contributed by atoms with Gasteiger partial charge in [0, 0.05) is 31.5 Å².